The van der Waals surface area contributed by atoms with E-state index in [0.717, 1.165) is 30.3 Å². The molecule has 0 radical (unpaired) electrons. The minimum absolute atomic E-state index is 0.0892. The Bertz CT molecular complexity index is 1490. The van der Waals surface area contributed by atoms with Crippen LogP contribution in [0.25, 0.3) is 28.1 Å². The van der Waals surface area contributed by atoms with Gasteiger partial charge in [0.1, 0.15) is 23.9 Å². The first-order valence-corrected chi connectivity index (χ1v) is 12.4. The van der Waals surface area contributed by atoms with E-state index < -0.39 is 10.0 Å². The van der Waals surface area contributed by atoms with Crippen LogP contribution in [-0.2, 0) is 10.0 Å². The standard InChI is InChI=1S/C23H22N6O3S/c1-14-6-7-16(23(30)27-17-8-9-17)11-19(14)29-13-26-21-20(24-12-25-22(21)29)15-4-3-5-18(10-15)28-33(2,31)32/h3-7,10-13,17,28H,8-9H2,1-2H3,(H,27,30). The Labute approximate surface area is 191 Å². The van der Waals surface area contributed by atoms with Crippen LogP contribution in [0.4, 0.5) is 5.69 Å². The van der Waals surface area contributed by atoms with E-state index in [9.17, 15) is 13.2 Å². The number of nitrogens with one attached hydrogen (secondary N) is 2. The zero-order valence-electron chi connectivity index (χ0n) is 18.1. The molecule has 1 aliphatic carbocycles. The maximum absolute atomic E-state index is 12.6. The van der Waals surface area contributed by atoms with Crippen LogP contribution >= 0.6 is 0 Å². The molecular weight excluding hydrogens is 440 g/mol. The summed E-state index contributed by atoms with van der Waals surface area (Å²) >= 11 is 0. The maximum atomic E-state index is 12.6. The Morgan fingerprint density at radius 3 is 2.67 bits per heavy atom. The van der Waals surface area contributed by atoms with E-state index in [1.807, 2.05) is 35.8 Å². The van der Waals surface area contributed by atoms with Crippen LogP contribution in [0.1, 0.15) is 28.8 Å². The Morgan fingerprint density at radius 2 is 1.91 bits per heavy atom. The van der Waals surface area contributed by atoms with Gasteiger partial charge in [-0.1, -0.05) is 18.2 Å². The van der Waals surface area contributed by atoms with Gasteiger partial charge in [0.25, 0.3) is 5.91 Å². The number of aromatic nitrogens is 4. The number of carbonyl (C=O) groups is 1. The van der Waals surface area contributed by atoms with Crippen LogP contribution in [0, 0.1) is 6.92 Å². The van der Waals surface area contributed by atoms with Crippen LogP contribution in [0.2, 0.25) is 0 Å². The van der Waals surface area contributed by atoms with Crippen molar-refractivity contribution in [1.29, 1.82) is 0 Å². The molecule has 0 aliphatic heterocycles. The lowest BCUT2D eigenvalue weighted by atomic mass is 10.1. The molecule has 33 heavy (non-hydrogen) atoms. The van der Waals surface area contributed by atoms with Crippen molar-refractivity contribution in [2.24, 2.45) is 0 Å². The van der Waals surface area contributed by atoms with E-state index in [4.69, 9.17) is 0 Å². The van der Waals surface area contributed by atoms with Crippen LogP contribution < -0.4 is 10.0 Å². The van der Waals surface area contributed by atoms with Gasteiger partial charge >= 0.3 is 0 Å². The molecule has 5 rings (SSSR count). The first-order valence-electron chi connectivity index (χ1n) is 10.5. The highest BCUT2D eigenvalue weighted by Gasteiger charge is 2.24. The van der Waals surface area contributed by atoms with Gasteiger partial charge in [-0.25, -0.2) is 23.4 Å². The number of hydrogen-bond acceptors (Lipinski definition) is 6. The van der Waals surface area contributed by atoms with Crippen molar-refractivity contribution in [3.05, 3.63) is 66.2 Å². The topological polar surface area (TPSA) is 119 Å². The van der Waals surface area contributed by atoms with Crippen molar-refractivity contribution in [2.75, 3.05) is 11.0 Å². The van der Waals surface area contributed by atoms with Gasteiger partial charge in [0.2, 0.25) is 10.0 Å². The maximum Gasteiger partial charge on any atom is 0.251 e. The number of benzene rings is 2. The predicted octanol–water partition coefficient (Wildman–Crippen LogP) is 3.05. The first-order chi connectivity index (χ1) is 15.8. The first kappa shape index (κ1) is 21.1. The summed E-state index contributed by atoms with van der Waals surface area (Å²) < 4.78 is 27.5. The quantitative estimate of drug-likeness (QED) is 0.455. The molecule has 0 unspecified atom stereocenters. The normalized spacial score (nSPS) is 13.8. The largest absolute Gasteiger partial charge is 0.349 e. The van der Waals surface area contributed by atoms with E-state index in [1.54, 1.807) is 24.5 Å². The molecule has 168 valence electrons. The number of amides is 1. The predicted molar refractivity (Wildman–Crippen MR) is 126 cm³/mol. The molecule has 0 atom stereocenters. The van der Waals surface area contributed by atoms with Gasteiger partial charge in [0.15, 0.2) is 5.65 Å². The molecule has 1 fully saturated rings. The van der Waals surface area contributed by atoms with Gasteiger partial charge in [-0.2, -0.15) is 0 Å². The number of hydrogen-bond donors (Lipinski definition) is 2. The van der Waals surface area contributed by atoms with E-state index >= 15 is 0 Å². The molecule has 1 aliphatic rings. The van der Waals surface area contributed by atoms with Crippen molar-refractivity contribution in [2.45, 2.75) is 25.8 Å². The van der Waals surface area contributed by atoms with Crippen molar-refractivity contribution < 1.29 is 13.2 Å². The van der Waals surface area contributed by atoms with E-state index in [-0.39, 0.29) is 11.9 Å². The second kappa shape index (κ2) is 7.96. The molecule has 2 heterocycles. The summed E-state index contributed by atoms with van der Waals surface area (Å²) in [5.41, 5.74) is 5.23. The SMILES string of the molecule is Cc1ccc(C(=O)NC2CC2)cc1-n1cnc2c(-c3cccc(NS(C)(=O)=O)c3)ncnc21. The summed E-state index contributed by atoms with van der Waals surface area (Å²) in [5, 5.41) is 3.01. The van der Waals surface area contributed by atoms with Crippen LogP contribution in [0.3, 0.4) is 0 Å². The summed E-state index contributed by atoms with van der Waals surface area (Å²) in [7, 11) is -3.41. The van der Waals surface area contributed by atoms with Gasteiger partial charge in [-0.3, -0.25) is 14.1 Å². The third kappa shape index (κ3) is 4.42. The molecule has 2 aromatic carbocycles. The average Bonchev–Trinajstić information content (AvgIpc) is 3.48. The number of carbonyl (C=O) groups excluding carboxylic acids is 1. The minimum Gasteiger partial charge on any atom is -0.349 e. The molecule has 1 saturated carbocycles. The fourth-order valence-corrected chi connectivity index (χ4v) is 4.23. The van der Waals surface area contributed by atoms with Crippen molar-refractivity contribution in [1.82, 2.24) is 24.8 Å². The number of aryl methyl sites for hydroxylation is 1. The summed E-state index contributed by atoms with van der Waals surface area (Å²) in [6, 6.07) is 12.8. The van der Waals surface area contributed by atoms with E-state index in [1.165, 1.54) is 6.33 Å². The molecule has 2 N–H and O–H groups in total. The molecule has 4 aromatic rings. The fraction of sp³-hybridized carbons (Fsp3) is 0.217. The molecule has 9 nitrogen and oxygen atoms in total. The number of nitrogens with zero attached hydrogens (tertiary/aromatic N) is 4. The lowest BCUT2D eigenvalue weighted by Gasteiger charge is -2.11. The van der Waals surface area contributed by atoms with Gasteiger partial charge in [-0.05, 0) is 49.6 Å². The lowest BCUT2D eigenvalue weighted by molar-refractivity contribution is 0.0951. The number of imidazole rings is 1. The minimum atomic E-state index is -3.41. The van der Waals surface area contributed by atoms with E-state index in [0.29, 0.717) is 33.7 Å². The summed E-state index contributed by atoms with van der Waals surface area (Å²) in [6.45, 7) is 1.96. The number of anilines is 1. The number of fused-ring (bicyclic) bond motifs is 1. The Hall–Kier alpha value is -3.79. The highest BCUT2D eigenvalue weighted by atomic mass is 32.2. The molecule has 1 amide bonds. The zero-order chi connectivity index (χ0) is 23.2. The highest BCUT2D eigenvalue weighted by Crippen LogP contribution is 2.29. The van der Waals surface area contributed by atoms with Crippen molar-refractivity contribution in [3.63, 3.8) is 0 Å². The molecule has 2 aromatic heterocycles. The van der Waals surface area contributed by atoms with Gasteiger partial charge in [0, 0.05) is 22.9 Å². The van der Waals surface area contributed by atoms with Gasteiger partial charge < -0.3 is 5.32 Å². The number of rotatable bonds is 6. The van der Waals surface area contributed by atoms with Crippen LogP contribution in [-0.4, -0.2) is 46.1 Å². The second-order valence-electron chi connectivity index (χ2n) is 8.21. The van der Waals surface area contributed by atoms with Gasteiger partial charge in [0.05, 0.1) is 11.9 Å². The summed E-state index contributed by atoms with van der Waals surface area (Å²) in [5.74, 6) is -0.0892. The fourth-order valence-electron chi connectivity index (χ4n) is 3.67. The molecule has 0 saturated heterocycles. The third-order valence-corrected chi connectivity index (χ3v) is 6.02. The van der Waals surface area contributed by atoms with Crippen molar-refractivity contribution in [3.8, 4) is 16.9 Å². The molecule has 0 spiro atoms. The molecule has 10 heteroatoms. The van der Waals surface area contributed by atoms with Crippen LogP contribution in [0.5, 0.6) is 0 Å². The number of sulfonamides is 1. The molecular formula is C23H22N6O3S. The van der Waals surface area contributed by atoms with Gasteiger partial charge in [-0.15, -0.1) is 0 Å². The Morgan fingerprint density at radius 1 is 1.09 bits per heavy atom. The molecule has 0 bridgehead atoms. The second-order valence-corrected chi connectivity index (χ2v) is 9.96. The van der Waals surface area contributed by atoms with Crippen LogP contribution in [0.15, 0.2) is 55.1 Å². The highest BCUT2D eigenvalue weighted by molar-refractivity contribution is 7.92. The Kier molecular flexibility index (Phi) is 5.09. The Balaban J connectivity index is 1.56. The lowest BCUT2D eigenvalue weighted by Crippen LogP contribution is -2.25. The van der Waals surface area contributed by atoms with E-state index in [2.05, 4.69) is 25.0 Å². The summed E-state index contributed by atoms with van der Waals surface area (Å²) in [6.07, 6.45) is 6.26. The monoisotopic (exact) mass is 462 g/mol. The average molecular weight is 463 g/mol. The zero-order valence-corrected chi connectivity index (χ0v) is 18.9. The van der Waals surface area contributed by atoms with Crippen molar-refractivity contribution >= 4 is 32.8 Å². The summed E-state index contributed by atoms with van der Waals surface area (Å²) in [4.78, 5) is 25.9. The third-order valence-electron chi connectivity index (χ3n) is 5.42. The smallest absolute Gasteiger partial charge is 0.251 e.